The summed E-state index contributed by atoms with van der Waals surface area (Å²) >= 11 is 8.59. The molecule has 0 radical (unpaired) electrons. The average Bonchev–Trinajstić information content (AvgIpc) is 3.04. The van der Waals surface area contributed by atoms with Crippen LogP contribution in [0.2, 0.25) is 5.02 Å². The fourth-order valence-corrected chi connectivity index (χ4v) is 4.74. The summed E-state index contributed by atoms with van der Waals surface area (Å²) in [5.41, 5.74) is 6.88. The molecule has 158 valence electrons. The van der Waals surface area contributed by atoms with Gasteiger partial charge in [0.25, 0.3) is 0 Å². The van der Waals surface area contributed by atoms with E-state index in [4.69, 9.17) is 17.3 Å². The number of thioether (sulfide) groups is 1. The quantitative estimate of drug-likeness (QED) is 0.528. The first-order valence-electron chi connectivity index (χ1n) is 9.24. The van der Waals surface area contributed by atoms with E-state index in [0.717, 1.165) is 29.5 Å². The minimum Gasteiger partial charge on any atom is -0.477 e. The molecule has 0 fully saturated rings. The topological polar surface area (TPSA) is 90.3 Å². The zero-order valence-corrected chi connectivity index (χ0v) is 19.6. The maximum Gasteiger partial charge on any atom is 0.346 e. The van der Waals surface area contributed by atoms with Crippen molar-refractivity contribution < 1.29 is 9.90 Å². The minimum atomic E-state index is -1.01. The van der Waals surface area contributed by atoms with Crippen LogP contribution in [0.4, 0.5) is 0 Å². The Bertz CT molecular complexity index is 828. The molecular formula is C21H28ClN3O2S2. The second-order valence-corrected chi connectivity index (χ2v) is 9.79. The molecule has 2 rings (SSSR count). The molecule has 0 saturated carbocycles. The maximum absolute atomic E-state index is 11.5. The van der Waals surface area contributed by atoms with Gasteiger partial charge >= 0.3 is 5.97 Å². The summed E-state index contributed by atoms with van der Waals surface area (Å²) in [4.78, 5) is 13.9. The molecule has 5 nitrogen and oxygen atoms in total. The molecule has 0 atom stereocenters. The number of carbonyl (C=O) groups is 1. The van der Waals surface area contributed by atoms with Crippen LogP contribution in [0.5, 0.6) is 0 Å². The fraction of sp³-hybridized carbons (Fsp3) is 0.429. The molecule has 2 aromatic rings. The lowest BCUT2D eigenvalue weighted by Crippen LogP contribution is -2.16. The number of rotatable bonds is 8. The van der Waals surface area contributed by atoms with Crippen LogP contribution in [0.15, 0.2) is 28.5 Å². The van der Waals surface area contributed by atoms with Crippen LogP contribution in [-0.4, -0.2) is 48.9 Å². The highest BCUT2D eigenvalue weighted by Crippen LogP contribution is 2.42. The normalized spacial score (nSPS) is 10.6. The van der Waals surface area contributed by atoms with Gasteiger partial charge in [0, 0.05) is 16.3 Å². The molecule has 1 heterocycles. The lowest BCUT2D eigenvalue weighted by atomic mass is 10.0. The largest absolute Gasteiger partial charge is 0.477 e. The van der Waals surface area contributed by atoms with Crippen molar-refractivity contribution in [3.8, 4) is 17.2 Å². The Balaban J connectivity index is 0.000000516. The Morgan fingerprint density at radius 2 is 1.97 bits per heavy atom. The highest BCUT2D eigenvalue weighted by molar-refractivity contribution is 8.01. The van der Waals surface area contributed by atoms with Gasteiger partial charge in [0.2, 0.25) is 0 Å². The number of nitriles is 1. The van der Waals surface area contributed by atoms with Crippen molar-refractivity contribution in [2.75, 3.05) is 32.9 Å². The molecule has 0 saturated heterocycles. The Hall–Kier alpha value is -1.56. The van der Waals surface area contributed by atoms with Crippen molar-refractivity contribution >= 4 is 40.7 Å². The lowest BCUT2D eigenvalue weighted by molar-refractivity contribution is 0.0703. The zero-order valence-electron chi connectivity index (χ0n) is 17.2. The Morgan fingerprint density at radius 1 is 1.34 bits per heavy atom. The first-order chi connectivity index (χ1) is 13.7. The summed E-state index contributed by atoms with van der Waals surface area (Å²) in [6.07, 6.45) is 1.10. The van der Waals surface area contributed by atoms with E-state index >= 15 is 0 Å². The molecular weight excluding hydrogens is 426 g/mol. The van der Waals surface area contributed by atoms with Gasteiger partial charge in [-0.15, -0.1) is 23.1 Å². The van der Waals surface area contributed by atoms with Crippen LogP contribution in [0.25, 0.3) is 11.1 Å². The number of benzene rings is 1. The van der Waals surface area contributed by atoms with Gasteiger partial charge in [0.1, 0.15) is 10.9 Å². The van der Waals surface area contributed by atoms with E-state index in [1.54, 1.807) is 24.3 Å². The van der Waals surface area contributed by atoms with Gasteiger partial charge in [-0.25, -0.2) is 4.79 Å². The van der Waals surface area contributed by atoms with Crippen LogP contribution in [0, 0.1) is 17.2 Å². The summed E-state index contributed by atoms with van der Waals surface area (Å²) in [5.74, 6) is 0.294. The summed E-state index contributed by atoms with van der Waals surface area (Å²) in [6.45, 7) is 6.09. The zero-order chi connectivity index (χ0) is 22.0. The second-order valence-electron chi connectivity index (χ2n) is 7.04. The van der Waals surface area contributed by atoms with Crippen molar-refractivity contribution in [3.63, 3.8) is 0 Å². The Morgan fingerprint density at radius 3 is 2.38 bits per heavy atom. The molecule has 0 spiro atoms. The van der Waals surface area contributed by atoms with Gasteiger partial charge in [0.05, 0.1) is 9.77 Å². The third-order valence-electron chi connectivity index (χ3n) is 3.67. The lowest BCUT2D eigenvalue weighted by Gasteiger charge is -2.05. The Kier molecular flexibility index (Phi) is 11.3. The molecule has 1 aromatic carbocycles. The predicted molar refractivity (Wildman–Crippen MR) is 124 cm³/mol. The van der Waals surface area contributed by atoms with Crippen LogP contribution in [-0.2, 0) is 0 Å². The van der Waals surface area contributed by atoms with E-state index < -0.39 is 5.97 Å². The summed E-state index contributed by atoms with van der Waals surface area (Å²) in [6, 6.07) is 9.05. The number of aromatic carboxylic acids is 1. The molecule has 3 N–H and O–H groups in total. The Labute approximate surface area is 186 Å². The number of nitrogens with zero attached hydrogens (tertiary/aromatic N) is 2. The number of hydrogen-bond donors (Lipinski definition) is 2. The number of carboxylic acid groups (broad SMARTS) is 1. The van der Waals surface area contributed by atoms with E-state index in [0.29, 0.717) is 27.6 Å². The van der Waals surface area contributed by atoms with Crippen LogP contribution in [0.3, 0.4) is 0 Å². The standard InChI is InChI=1S/C16H14ClNO2S2.C5H14N2/c1-9(2)8-21-16-12(7-18)13(14(22-16)15(19)20)10-3-5-11(17)6-4-10;1-7(2)5-3-4-6/h3-6,9H,8H2,1-2H3,(H,19,20);3-6H2,1-2H3. The number of carboxylic acids is 1. The summed E-state index contributed by atoms with van der Waals surface area (Å²) in [7, 11) is 4.10. The SMILES string of the molecule is CC(C)CSc1sc(C(=O)O)c(-c2ccc(Cl)cc2)c1C#N.CN(C)CCCN. The third kappa shape index (κ3) is 8.37. The van der Waals surface area contributed by atoms with Gasteiger partial charge in [-0.05, 0) is 57.2 Å². The molecule has 8 heteroatoms. The minimum absolute atomic E-state index is 0.199. The van der Waals surface area contributed by atoms with E-state index in [9.17, 15) is 15.2 Å². The first kappa shape index (κ1) is 25.5. The number of thiophene rings is 1. The first-order valence-corrected chi connectivity index (χ1v) is 11.4. The van der Waals surface area contributed by atoms with E-state index in [1.807, 2.05) is 0 Å². The average molecular weight is 454 g/mol. The molecule has 29 heavy (non-hydrogen) atoms. The number of nitrogens with two attached hydrogens (primary N) is 1. The summed E-state index contributed by atoms with van der Waals surface area (Å²) in [5, 5.41) is 19.5. The van der Waals surface area contributed by atoms with Crippen molar-refractivity contribution in [3.05, 3.63) is 39.7 Å². The van der Waals surface area contributed by atoms with E-state index in [-0.39, 0.29) is 4.88 Å². The van der Waals surface area contributed by atoms with Gasteiger partial charge in [0.15, 0.2) is 0 Å². The van der Waals surface area contributed by atoms with Gasteiger partial charge in [-0.1, -0.05) is 37.6 Å². The third-order valence-corrected chi connectivity index (χ3v) is 6.80. The number of hydrogen-bond acceptors (Lipinski definition) is 6. The highest BCUT2D eigenvalue weighted by atomic mass is 35.5. The van der Waals surface area contributed by atoms with Gasteiger partial charge in [-0.3, -0.25) is 0 Å². The summed E-state index contributed by atoms with van der Waals surface area (Å²) < 4.78 is 0.763. The monoisotopic (exact) mass is 453 g/mol. The molecule has 1 aromatic heterocycles. The van der Waals surface area contributed by atoms with E-state index in [2.05, 4.69) is 38.9 Å². The van der Waals surface area contributed by atoms with Gasteiger partial charge < -0.3 is 15.7 Å². The van der Waals surface area contributed by atoms with Gasteiger partial charge in [-0.2, -0.15) is 5.26 Å². The highest BCUT2D eigenvalue weighted by Gasteiger charge is 2.24. The van der Waals surface area contributed by atoms with Crippen molar-refractivity contribution in [1.29, 1.82) is 5.26 Å². The predicted octanol–water partition coefficient (Wildman–Crippen LogP) is 5.28. The molecule has 0 aliphatic carbocycles. The smallest absolute Gasteiger partial charge is 0.346 e. The molecule has 0 bridgehead atoms. The van der Waals surface area contributed by atoms with Crippen LogP contribution < -0.4 is 5.73 Å². The molecule has 0 amide bonds. The fourth-order valence-electron chi connectivity index (χ4n) is 2.31. The van der Waals surface area contributed by atoms with Crippen LogP contribution in [0.1, 0.15) is 35.5 Å². The van der Waals surface area contributed by atoms with Crippen LogP contribution >= 0.6 is 34.7 Å². The van der Waals surface area contributed by atoms with Crippen molar-refractivity contribution in [2.45, 2.75) is 24.5 Å². The van der Waals surface area contributed by atoms with E-state index in [1.165, 1.54) is 23.1 Å². The second kappa shape index (κ2) is 12.9. The molecule has 0 aliphatic heterocycles. The maximum atomic E-state index is 11.5. The number of halogens is 1. The van der Waals surface area contributed by atoms with Crippen molar-refractivity contribution in [1.82, 2.24) is 4.90 Å². The molecule has 0 aliphatic rings. The van der Waals surface area contributed by atoms with Crippen molar-refractivity contribution in [2.24, 2.45) is 11.7 Å². The molecule has 0 unspecified atom stereocenters.